The molecule has 0 saturated heterocycles. The van der Waals surface area contributed by atoms with Crippen molar-refractivity contribution >= 4 is 11.5 Å². The molecule has 0 aliphatic carbocycles. The lowest BCUT2D eigenvalue weighted by Crippen LogP contribution is -2.06. The number of benzene rings is 2. The summed E-state index contributed by atoms with van der Waals surface area (Å²) in [5.74, 6) is 1.76. The molecule has 5 nitrogen and oxygen atoms in total. The summed E-state index contributed by atoms with van der Waals surface area (Å²) < 4.78 is 7.08. The van der Waals surface area contributed by atoms with Crippen LogP contribution in [0.5, 0.6) is 5.75 Å². The van der Waals surface area contributed by atoms with Crippen LogP contribution in [0.15, 0.2) is 66.7 Å². The van der Waals surface area contributed by atoms with Gasteiger partial charge in [0, 0.05) is 29.9 Å². The maximum atomic E-state index is 5.22. The van der Waals surface area contributed by atoms with Crippen LogP contribution in [0.3, 0.4) is 0 Å². The van der Waals surface area contributed by atoms with E-state index in [-0.39, 0.29) is 0 Å². The zero-order valence-electron chi connectivity index (χ0n) is 14.8. The highest BCUT2D eigenvalue weighted by molar-refractivity contribution is 5.66. The van der Waals surface area contributed by atoms with E-state index in [1.807, 2.05) is 66.0 Å². The van der Waals surface area contributed by atoms with Gasteiger partial charge in [-0.1, -0.05) is 30.3 Å². The van der Waals surface area contributed by atoms with Crippen molar-refractivity contribution in [1.29, 1.82) is 0 Å². The fourth-order valence-corrected chi connectivity index (χ4v) is 2.92. The van der Waals surface area contributed by atoms with Gasteiger partial charge in [-0.15, -0.1) is 0 Å². The first-order valence-electron chi connectivity index (χ1n) is 8.52. The molecule has 0 aliphatic rings. The molecule has 4 aromatic rings. The number of nitrogens with zero attached hydrogens (tertiary/aromatic N) is 3. The molecule has 4 rings (SSSR count). The van der Waals surface area contributed by atoms with Gasteiger partial charge >= 0.3 is 0 Å². The van der Waals surface area contributed by atoms with Gasteiger partial charge in [-0.3, -0.25) is 0 Å². The average molecular weight is 344 g/mol. The van der Waals surface area contributed by atoms with Crippen LogP contribution < -0.4 is 10.1 Å². The van der Waals surface area contributed by atoms with Crippen molar-refractivity contribution in [2.75, 3.05) is 12.4 Å². The van der Waals surface area contributed by atoms with Crippen molar-refractivity contribution in [1.82, 2.24) is 14.6 Å². The highest BCUT2D eigenvalue weighted by atomic mass is 16.5. The van der Waals surface area contributed by atoms with Gasteiger partial charge in [0.1, 0.15) is 11.6 Å². The van der Waals surface area contributed by atoms with Crippen molar-refractivity contribution in [2.45, 2.75) is 13.5 Å². The van der Waals surface area contributed by atoms with E-state index >= 15 is 0 Å². The van der Waals surface area contributed by atoms with Crippen LogP contribution in [-0.4, -0.2) is 21.7 Å². The Hall–Kier alpha value is -3.34. The molecular weight excluding hydrogens is 324 g/mol. The average Bonchev–Trinajstić information content (AvgIpc) is 3.11. The Bertz CT molecular complexity index is 1020. The monoisotopic (exact) mass is 344 g/mol. The number of fused-ring (bicyclic) bond motifs is 1. The van der Waals surface area contributed by atoms with Gasteiger partial charge < -0.3 is 10.1 Å². The number of aromatic nitrogens is 3. The minimum absolute atomic E-state index is 0.733. The molecule has 0 radical (unpaired) electrons. The van der Waals surface area contributed by atoms with Gasteiger partial charge in [-0.25, -0.2) is 4.98 Å². The number of hydrogen-bond acceptors (Lipinski definition) is 4. The van der Waals surface area contributed by atoms with Gasteiger partial charge in [0.15, 0.2) is 5.65 Å². The Labute approximate surface area is 152 Å². The van der Waals surface area contributed by atoms with E-state index in [9.17, 15) is 0 Å². The molecule has 1 N–H and O–H groups in total. The minimum atomic E-state index is 0.733. The summed E-state index contributed by atoms with van der Waals surface area (Å²) in [6.45, 7) is 2.73. The van der Waals surface area contributed by atoms with Crippen LogP contribution in [0.1, 0.15) is 11.3 Å². The van der Waals surface area contributed by atoms with Crippen LogP contribution in [0, 0.1) is 6.92 Å². The standard InChI is InChI=1S/C21H20N4O/c1-15-12-20(22-14-16-6-4-3-5-7-16)25-21(23-15)13-19(24-25)17-8-10-18(26-2)11-9-17/h3-13,22H,14H2,1-2H3. The van der Waals surface area contributed by atoms with Gasteiger partial charge in [0.05, 0.1) is 12.8 Å². The molecule has 0 unspecified atom stereocenters. The number of aryl methyl sites for hydroxylation is 1. The topological polar surface area (TPSA) is 51.5 Å². The van der Waals surface area contributed by atoms with Crippen molar-refractivity contribution in [3.8, 4) is 17.0 Å². The Morgan fingerprint density at radius 1 is 1.00 bits per heavy atom. The molecule has 5 heteroatoms. The summed E-state index contributed by atoms with van der Waals surface area (Å²) in [6.07, 6.45) is 0. The fourth-order valence-electron chi connectivity index (χ4n) is 2.92. The Balaban J connectivity index is 1.68. The van der Waals surface area contributed by atoms with E-state index < -0.39 is 0 Å². The summed E-state index contributed by atoms with van der Waals surface area (Å²) in [5, 5.41) is 8.21. The van der Waals surface area contributed by atoms with Gasteiger partial charge in [0.2, 0.25) is 0 Å². The Morgan fingerprint density at radius 3 is 2.50 bits per heavy atom. The summed E-state index contributed by atoms with van der Waals surface area (Å²) in [5.41, 5.74) is 4.91. The largest absolute Gasteiger partial charge is 0.497 e. The normalized spacial score (nSPS) is 10.8. The Morgan fingerprint density at radius 2 is 1.77 bits per heavy atom. The zero-order valence-corrected chi connectivity index (χ0v) is 14.8. The summed E-state index contributed by atoms with van der Waals surface area (Å²) in [6, 6.07) is 22.2. The molecule has 0 atom stereocenters. The highest BCUT2D eigenvalue weighted by Gasteiger charge is 2.10. The molecule has 0 saturated carbocycles. The maximum Gasteiger partial charge on any atom is 0.158 e. The minimum Gasteiger partial charge on any atom is -0.497 e. The van der Waals surface area contributed by atoms with E-state index in [0.29, 0.717) is 0 Å². The van der Waals surface area contributed by atoms with Crippen LogP contribution in [-0.2, 0) is 6.54 Å². The predicted molar refractivity (Wildman–Crippen MR) is 103 cm³/mol. The molecule has 130 valence electrons. The lowest BCUT2D eigenvalue weighted by molar-refractivity contribution is 0.415. The number of anilines is 1. The Kier molecular flexibility index (Phi) is 4.27. The van der Waals surface area contributed by atoms with Crippen molar-refractivity contribution in [3.63, 3.8) is 0 Å². The maximum absolute atomic E-state index is 5.22. The van der Waals surface area contributed by atoms with Crippen molar-refractivity contribution in [3.05, 3.63) is 78.0 Å². The van der Waals surface area contributed by atoms with Gasteiger partial charge in [-0.05, 0) is 36.8 Å². The third-order valence-corrected chi connectivity index (χ3v) is 4.26. The first-order chi connectivity index (χ1) is 12.7. The quantitative estimate of drug-likeness (QED) is 0.586. The highest BCUT2D eigenvalue weighted by Crippen LogP contribution is 2.24. The molecule has 2 aromatic carbocycles. The second kappa shape index (κ2) is 6.88. The van der Waals surface area contributed by atoms with Crippen LogP contribution in [0.25, 0.3) is 16.9 Å². The number of methoxy groups -OCH3 is 1. The van der Waals surface area contributed by atoms with E-state index in [1.165, 1.54) is 5.56 Å². The number of hydrogen-bond donors (Lipinski definition) is 1. The molecule has 26 heavy (non-hydrogen) atoms. The number of nitrogens with one attached hydrogen (secondary N) is 1. The van der Waals surface area contributed by atoms with Crippen LogP contribution in [0.4, 0.5) is 5.82 Å². The molecule has 0 bridgehead atoms. The first-order valence-corrected chi connectivity index (χ1v) is 8.52. The third kappa shape index (κ3) is 3.24. The summed E-state index contributed by atoms with van der Waals surface area (Å²) in [7, 11) is 1.66. The van der Waals surface area contributed by atoms with E-state index in [1.54, 1.807) is 7.11 Å². The van der Waals surface area contributed by atoms with Gasteiger partial charge in [0.25, 0.3) is 0 Å². The van der Waals surface area contributed by atoms with Crippen molar-refractivity contribution < 1.29 is 4.74 Å². The number of rotatable bonds is 5. The summed E-state index contributed by atoms with van der Waals surface area (Å²) in [4.78, 5) is 4.61. The third-order valence-electron chi connectivity index (χ3n) is 4.26. The zero-order chi connectivity index (χ0) is 17.9. The molecule has 2 heterocycles. The van der Waals surface area contributed by atoms with Gasteiger partial charge in [-0.2, -0.15) is 9.61 Å². The predicted octanol–water partition coefficient (Wildman–Crippen LogP) is 4.33. The molecule has 2 aromatic heterocycles. The lowest BCUT2D eigenvalue weighted by atomic mass is 10.1. The molecule has 0 aliphatic heterocycles. The van der Waals surface area contributed by atoms with E-state index in [4.69, 9.17) is 9.84 Å². The molecule has 0 fully saturated rings. The SMILES string of the molecule is COc1ccc(-c2cc3nc(C)cc(NCc4ccccc4)n3n2)cc1. The van der Waals surface area contributed by atoms with Crippen LogP contribution >= 0.6 is 0 Å². The molecule has 0 spiro atoms. The first kappa shape index (κ1) is 16.1. The van der Waals surface area contributed by atoms with Crippen LogP contribution in [0.2, 0.25) is 0 Å². The molecule has 0 amide bonds. The smallest absolute Gasteiger partial charge is 0.158 e. The van der Waals surface area contributed by atoms with Crippen molar-refractivity contribution in [2.24, 2.45) is 0 Å². The molecular formula is C21H20N4O. The van der Waals surface area contributed by atoms with E-state index in [0.717, 1.165) is 40.7 Å². The number of ether oxygens (including phenoxy) is 1. The lowest BCUT2D eigenvalue weighted by Gasteiger charge is -2.09. The van der Waals surface area contributed by atoms with E-state index in [2.05, 4.69) is 22.4 Å². The second-order valence-electron chi connectivity index (χ2n) is 6.15. The second-order valence-corrected chi connectivity index (χ2v) is 6.15. The fraction of sp³-hybridized carbons (Fsp3) is 0.143. The summed E-state index contributed by atoms with van der Waals surface area (Å²) >= 11 is 0.